The van der Waals surface area contributed by atoms with Gasteiger partial charge in [-0.25, -0.2) is 0 Å². The fourth-order valence-corrected chi connectivity index (χ4v) is 2.19. The molecule has 1 heterocycles. The lowest BCUT2D eigenvalue weighted by molar-refractivity contribution is 0.102. The second-order valence-corrected chi connectivity index (χ2v) is 4.53. The summed E-state index contributed by atoms with van der Waals surface area (Å²) in [6.07, 6.45) is 1.62. The highest BCUT2D eigenvalue weighted by Gasteiger charge is 2.06. The number of ketones is 1. The quantitative estimate of drug-likeness (QED) is 0.826. The Kier molecular flexibility index (Phi) is 3.88. The third-order valence-electron chi connectivity index (χ3n) is 2.25. The van der Waals surface area contributed by atoms with Crippen molar-refractivity contribution in [2.75, 3.05) is 5.75 Å². The molecule has 0 saturated carbocycles. The van der Waals surface area contributed by atoms with Gasteiger partial charge in [-0.2, -0.15) is 0 Å². The standard InChI is InChI=1S/C13H12O3S/c14-11-5-3-10(4-6-11)13(15)9-17-8-12-2-1-7-16-12/h1-7,14H,8-9H2. The van der Waals surface area contributed by atoms with E-state index in [1.807, 2.05) is 12.1 Å². The fraction of sp³-hybridized carbons (Fsp3) is 0.154. The molecule has 1 aromatic heterocycles. The summed E-state index contributed by atoms with van der Waals surface area (Å²) >= 11 is 1.51. The number of aromatic hydroxyl groups is 1. The van der Waals surface area contributed by atoms with Gasteiger partial charge in [-0.15, -0.1) is 11.8 Å². The highest BCUT2D eigenvalue weighted by Crippen LogP contribution is 2.16. The van der Waals surface area contributed by atoms with E-state index in [0.29, 0.717) is 17.1 Å². The molecule has 0 aliphatic heterocycles. The van der Waals surface area contributed by atoms with Crippen molar-refractivity contribution in [2.45, 2.75) is 5.75 Å². The Bertz CT molecular complexity index is 474. The smallest absolute Gasteiger partial charge is 0.172 e. The van der Waals surface area contributed by atoms with Crippen molar-refractivity contribution in [3.63, 3.8) is 0 Å². The highest BCUT2D eigenvalue weighted by atomic mass is 32.2. The van der Waals surface area contributed by atoms with Crippen molar-refractivity contribution in [2.24, 2.45) is 0 Å². The Labute approximate surface area is 103 Å². The predicted octanol–water partition coefficient (Wildman–Crippen LogP) is 3.10. The van der Waals surface area contributed by atoms with E-state index in [4.69, 9.17) is 9.52 Å². The molecule has 2 rings (SSSR count). The maximum absolute atomic E-state index is 11.8. The number of benzene rings is 1. The lowest BCUT2D eigenvalue weighted by Gasteiger charge is -2.00. The van der Waals surface area contributed by atoms with Crippen molar-refractivity contribution in [3.8, 4) is 5.75 Å². The van der Waals surface area contributed by atoms with Crippen LogP contribution in [-0.2, 0) is 5.75 Å². The van der Waals surface area contributed by atoms with Crippen LogP contribution in [0.2, 0.25) is 0 Å². The first-order valence-electron chi connectivity index (χ1n) is 5.18. The molecule has 88 valence electrons. The molecule has 0 fully saturated rings. The largest absolute Gasteiger partial charge is 0.508 e. The lowest BCUT2D eigenvalue weighted by Crippen LogP contribution is -2.02. The topological polar surface area (TPSA) is 50.4 Å². The van der Waals surface area contributed by atoms with Crippen molar-refractivity contribution in [3.05, 3.63) is 54.0 Å². The molecule has 0 spiro atoms. The summed E-state index contributed by atoms with van der Waals surface area (Å²) in [6.45, 7) is 0. The molecule has 17 heavy (non-hydrogen) atoms. The number of hydrogen-bond donors (Lipinski definition) is 1. The van der Waals surface area contributed by atoms with Gasteiger partial charge in [0.15, 0.2) is 5.78 Å². The summed E-state index contributed by atoms with van der Waals surface area (Å²) in [7, 11) is 0. The molecule has 0 unspecified atom stereocenters. The van der Waals surface area contributed by atoms with Gasteiger partial charge in [-0.1, -0.05) is 0 Å². The Balaban J connectivity index is 1.83. The average molecular weight is 248 g/mol. The summed E-state index contributed by atoms with van der Waals surface area (Å²) in [6, 6.07) is 10.0. The van der Waals surface area contributed by atoms with E-state index in [9.17, 15) is 4.79 Å². The number of furan rings is 1. The molecule has 1 aromatic carbocycles. The first kappa shape index (κ1) is 11.8. The summed E-state index contributed by atoms with van der Waals surface area (Å²) < 4.78 is 5.17. The van der Waals surface area contributed by atoms with Crippen LogP contribution in [0.5, 0.6) is 5.75 Å². The first-order valence-corrected chi connectivity index (χ1v) is 6.33. The maximum atomic E-state index is 11.8. The van der Waals surface area contributed by atoms with Crippen LogP contribution in [0.1, 0.15) is 16.1 Å². The normalized spacial score (nSPS) is 10.4. The van der Waals surface area contributed by atoms with Crippen LogP contribution in [0.3, 0.4) is 0 Å². The molecule has 1 N–H and O–H groups in total. The summed E-state index contributed by atoms with van der Waals surface area (Å²) in [5.41, 5.74) is 0.620. The van der Waals surface area contributed by atoms with Crippen molar-refractivity contribution in [1.82, 2.24) is 0 Å². The third kappa shape index (κ3) is 3.39. The zero-order valence-electron chi connectivity index (χ0n) is 9.13. The van der Waals surface area contributed by atoms with E-state index in [1.54, 1.807) is 18.4 Å². The van der Waals surface area contributed by atoms with Gasteiger partial charge in [-0.05, 0) is 36.4 Å². The van der Waals surface area contributed by atoms with E-state index >= 15 is 0 Å². The van der Waals surface area contributed by atoms with Crippen LogP contribution in [-0.4, -0.2) is 16.6 Å². The molecule has 0 atom stereocenters. The minimum atomic E-state index is 0.0570. The van der Waals surface area contributed by atoms with Gasteiger partial charge in [0, 0.05) is 5.56 Å². The molecule has 3 nitrogen and oxygen atoms in total. The molecular weight excluding hydrogens is 236 g/mol. The highest BCUT2D eigenvalue weighted by molar-refractivity contribution is 7.99. The van der Waals surface area contributed by atoms with Gasteiger partial charge < -0.3 is 9.52 Å². The van der Waals surface area contributed by atoms with Gasteiger partial charge in [0.1, 0.15) is 11.5 Å². The molecular formula is C13H12O3S. The minimum absolute atomic E-state index is 0.0570. The molecule has 0 aliphatic carbocycles. The van der Waals surface area contributed by atoms with Crippen LogP contribution < -0.4 is 0 Å². The zero-order valence-corrected chi connectivity index (χ0v) is 9.94. The van der Waals surface area contributed by atoms with Gasteiger partial charge >= 0.3 is 0 Å². The Morgan fingerprint density at radius 3 is 2.65 bits per heavy atom. The van der Waals surface area contributed by atoms with Crippen LogP contribution in [0.15, 0.2) is 47.1 Å². The Morgan fingerprint density at radius 2 is 2.00 bits per heavy atom. The van der Waals surface area contributed by atoms with E-state index in [-0.39, 0.29) is 11.5 Å². The number of carbonyl (C=O) groups excluding carboxylic acids is 1. The third-order valence-corrected chi connectivity index (χ3v) is 3.20. The second-order valence-electron chi connectivity index (χ2n) is 3.54. The SMILES string of the molecule is O=C(CSCc1ccco1)c1ccc(O)cc1. The van der Waals surface area contributed by atoms with Crippen LogP contribution >= 0.6 is 11.8 Å². The van der Waals surface area contributed by atoms with Gasteiger partial charge in [-0.3, -0.25) is 4.79 Å². The molecule has 0 amide bonds. The molecule has 0 bridgehead atoms. The lowest BCUT2D eigenvalue weighted by atomic mass is 10.1. The number of phenols is 1. The van der Waals surface area contributed by atoms with Crippen LogP contribution in [0.4, 0.5) is 0 Å². The summed E-state index contributed by atoms with van der Waals surface area (Å²) in [4.78, 5) is 11.8. The number of hydrogen-bond acceptors (Lipinski definition) is 4. The van der Waals surface area contributed by atoms with Gasteiger partial charge in [0.05, 0.1) is 17.8 Å². The number of rotatable bonds is 5. The van der Waals surface area contributed by atoms with Crippen LogP contribution in [0, 0.1) is 0 Å². The number of Topliss-reactive ketones (excluding diaryl/α,β-unsaturated/α-hetero) is 1. The molecule has 2 aromatic rings. The van der Waals surface area contributed by atoms with Gasteiger partial charge in [0.2, 0.25) is 0 Å². The van der Waals surface area contributed by atoms with E-state index in [2.05, 4.69) is 0 Å². The molecule has 0 aliphatic rings. The average Bonchev–Trinajstić information content (AvgIpc) is 2.83. The predicted molar refractivity (Wildman–Crippen MR) is 67.3 cm³/mol. The summed E-state index contributed by atoms with van der Waals surface area (Å²) in [5, 5.41) is 9.11. The zero-order chi connectivity index (χ0) is 12.1. The van der Waals surface area contributed by atoms with Crippen molar-refractivity contribution in [1.29, 1.82) is 0 Å². The molecule has 0 saturated heterocycles. The number of carbonyl (C=O) groups is 1. The number of phenolic OH excluding ortho intramolecular Hbond substituents is 1. The molecule has 0 radical (unpaired) electrons. The number of thioether (sulfide) groups is 1. The van der Waals surface area contributed by atoms with Crippen LogP contribution in [0.25, 0.3) is 0 Å². The Hall–Kier alpha value is -1.68. The first-order chi connectivity index (χ1) is 8.25. The second kappa shape index (κ2) is 5.59. The van der Waals surface area contributed by atoms with E-state index < -0.39 is 0 Å². The summed E-state index contributed by atoms with van der Waals surface area (Å²) in [5.74, 6) is 2.20. The molecule has 4 heteroatoms. The fourth-order valence-electron chi connectivity index (χ4n) is 1.37. The van der Waals surface area contributed by atoms with Crippen molar-refractivity contribution >= 4 is 17.5 Å². The minimum Gasteiger partial charge on any atom is -0.508 e. The van der Waals surface area contributed by atoms with Crippen molar-refractivity contribution < 1.29 is 14.3 Å². The van der Waals surface area contributed by atoms with E-state index in [0.717, 1.165) is 5.76 Å². The van der Waals surface area contributed by atoms with Gasteiger partial charge in [0.25, 0.3) is 0 Å². The Morgan fingerprint density at radius 1 is 1.24 bits per heavy atom. The van der Waals surface area contributed by atoms with E-state index in [1.165, 1.54) is 23.9 Å². The maximum Gasteiger partial charge on any atom is 0.172 e. The monoisotopic (exact) mass is 248 g/mol.